The van der Waals surface area contributed by atoms with Crippen LogP contribution >= 0.6 is 0 Å². The lowest BCUT2D eigenvalue weighted by molar-refractivity contribution is -0.138. The molecular weight excluding hydrogens is 316 g/mol. The predicted molar refractivity (Wildman–Crippen MR) is 98.2 cm³/mol. The van der Waals surface area contributed by atoms with Crippen molar-refractivity contribution in [3.8, 4) is 0 Å². The average Bonchev–Trinajstić information content (AvgIpc) is 3.10. The summed E-state index contributed by atoms with van der Waals surface area (Å²) in [6.07, 6.45) is 3.11. The molecule has 1 aliphatic carbocycles. The number of amides is 3. The summed E-state index contributed by atoms with van der Waals surface area (Å²) in [5.74, 6) is 0.638. The van der Waals surface area contributed by atoms with Crippen LogP contribution in [-0.2, 0) is 4.79 Å². The number of rotatable bonds is 3. The molecule has 1 aromatic carbocycles. The largest absolute Gasteiger partial charge is 0.339 e. The summed E-state index contributed by atoms with van der Waals surface area (Å²) in [7, 11) is 0. The van der Waals surface area contributed by atoms with Crippen molar-refractivity contribution in [3.05, 3.63) is 29.8 Å². The molecular formula is C19H28N4O2. The maximum absolute atomic E-state index is 12.7. The van der Waals surface area contributed by atoms with E-state index in [1.54, 1.807) is 4.90 Å². The zero-order chi connectivity index (χ0) is 17.8. The maximum Gasteiger partial charge on any atom is 0.321 e. The number of carbonyl (C=O) groups excluding carboxylic acids is 2. The van der Waals surface area contributed by atoms with Gasteiger partial charge in [0.15, 0.2) is 0 Å². The fourth-order valence-corrected chi connectivity index (χ4v) is 3.93. The van der Waals surface area contributed by atoms with Crippen LogP contribution in [0.25, 0.3) is 0 Å². The van der Waals surface area contributed by atoms with E-state index in [9.17, 15) is 9.59 Å². The molecule has 3 rings (SSSR count). The van der Waals surface area contributed by atoms with Crippen molar-refractivity contribution in [2.75, 3.05) is 38.0 Å². The van der Waals surface area contributed by atoms with Gasteiger partial charge in [0.1, 0.15) is 0 Å². The number of hydrogen-bond acceptors (Lipinski definition) is 3. The van der Waals surface area contributed by atoms with Gasteiger partial charge in [-0.25, -0.2) is 4.79 Å². The van der Waals surface area contributed by atoms with Crippen molar-refractivity contribution >= 4 is 17.6 Å². The molecule has 25 heavy (non-hydrogen) atoms. The van der Waals surface area contributed by atoms with Crippen LogP contribution in [0.15, 0.2) is 24.3 Å². The number of nitrogens with zero attached hydrogens (tertiary/aromatic N) is 2. The van der Waals surface area contributed by atoms with Gasteiger partial charge >= 0.3 is 6.03 Å². The fraction of sp³-hybridized carbons (Fsp3) is 0.579. The van der Waals surface area contributed by atoms with Gasteiger partial charge in [0, 0.05) is 37.8 Å². The quantitative estimate of drug-likeness (QED) is 0.881. The van der Waals surface area contributed by atoms with Crippen molar-refractivity contribution in [1.82, 2.24) is 9.80 Å². The third kappa shape index (κ3) is 4.12. The molecule has 3 amide bonds. The Labute approximate surface area is 149 Å². The summed E-state index contributed by atoms with van der Waals surface area (Å²) in [4.78, 5) is 28.8. The molecule has 136 valence electrons. The van der Waals surface area contributed by atoms with E-state index in [4.69, 9.17) is 5.73 Å². The topological polar surface area (TPSA) is 78.7 Å². The normalized spacial score (nSPS) is 23.6. The summed E-state index contributed by atoms with van der Waals surface area (Å²) in [5.41, 5.74) is 7.72. The highest BCUT2D eigenvalue weighted by molar-refractivity contribution is 5.89. The molecule has 0 aromatic heterocycles. The van der Waals surface area contributed by atoms with E-state index < -0.39 is 0 Å². The number of benzene rings is 1. The molecule has 1 saturated heterocycles. The Kier molecular flexibility index (Phi) is 5.58. The van der Waals surface area contributed by atoms with Gasteiger partial charge in [-0.3, -0.25) is 4.79 Å². The molecule has 3 N–H and O–H groups in total. The van der Waals surface area contributed by atoms with Gasteiger partial charge in [-0.1, -0.05) is 18.6 Å². The second kappa shape index (κ2) is 7.87. The van der Waals surface area contributed by atoms with Gasteiger partial charge in [-0.05, 0) is 49.9 Å². The van der Waals surface area contributed by atoms with E-state index in [1.165, 1.54) is 0 Å². The summed E-state index contributed by atoms with van der Waals surface area (Å²) in [5, 5.41) is 2.93. The Balaban J connectivity index is 1.51. The van der Waals surface area contributed by atoms with Gasteiger partial charge in [-0.2, -0.15) is 0 Å². The van der Waals surface area contributed by atoms with Crippen molar-refractivity contribution < 1.29 is 9.59 Å². The van der Waals surface area contributed by atoms with Gasteiger partial charge in [-0.15, -0.1) is 0 Å². The number of anilines is 1. The monoisotopic (exact) mass is 344 g/mol. The molecule has 0 radical (unpaired) electrons. The minimum atomic E-state index is -0.0987. The number of carbonyl (C=O) groups is 2. The standard InChI is InChI=1S/C19H28N4O2/c1-14-4-2-6-16(12-14)21-19(25)23-10-8-22(9-11-23)18(24)17-7-3-5-15(17)13-20/h2,4,6,12,15,17H,3,5,7-11,13,20H2,1H3,(H,21,25)/t15-,17-/m1/s1. The molecule has 6 heteroatoms. The summed E-state index contributed by atoms with van der Waals surface area (Å²) < 4.78 is 0. The highest BCUT2D eigenvalue weighted by Crippen LogP contribution is 2.32. The van der Waals surface area contributed by atoms with Crippen LogP contribution < -0.4 is 11.1 Å². The molecule has 2 fully saturated rings. The van der Waals surface area contributed by atoms with Crippen LogP contribution in [0.5, 0.6) is 0 Å². The molecule has 1 aromatic rings. The molecule has 0 unspecified atom stereocenters. The SMILES string of the molecule is Cc1cccc(NC(=O)N2CCN(C(=O)[C@@H]3CCC[C@@H]3CN)CC2)c1. The van der Waals surface area contributed by atoms with Gasteiger partial charge in [0.05, 0.1) is 0 Å². The number of nitrogens with one attached hydrogen (secondary N) is 1. The summed E-state index contributed by atoms with van der Waals surface area (Å²) in [6.45, 7) is 4.95. The average molecular weight is 344 g/mol. The summed E-state index contributed by atoms with van der Waals surface area (Å²) in [6, 6.07) is 7.66. The van der Waals surface area contributed by atoms with E-state index in [2.05, 4.69) is 5.32 Å². The van der Waals surface area contributed by atoms with Gasteiger partial charge in [0.25, 0.3) is 0 Å². The van der Waals surface area contributed by atoms with E-state index in [0.29, 0.717) is 38.6 Å². The van der Waals surface area contributed by atoms with Gasteiger partial charge < -0.3 is 20.9 Å². The zero-order valence-corrected chi connectivity index (χ0v) is 14.9. The van der Waals surface area contributed by atoms with Crippen LogP contribution in [0.4, 0.5) is 10.5 Å². The Morgan fingerprint density at radius 3 is 2.56 bits per heavy atom. The molecule has 1 saturated carbocycles. The van der Waals surface area contributed by atoms with Crippen LogP contribution in [0.1, 0.15) is 24.8 Å². The van der Waals surface area contributed by atoms with Crippen LogP contribution in [0, 0.1) is 18.8 Å². The summed E-state index contributed by atoms with van der Waals surface area (Å²) >= 11 is 0. The van der Waals surface area contributed by atoms with E-state index in [0.717, 1.165) is 30.5 Å². The molecule has 0 spiro atoms. The van der Waals surface area contributed by atoms with Gasteiger partial charge in [0.2, 0.25) is 5.91 Å². The minimum absolute atomic E-state index is 0.0812. The first kappa shape index (κ1) is 17.7. The Bertz CT molecular complexity index is 626. The highest BCUT2D eigenvalue weighted by Gasteiger charge is 2.36. The fourth-order valence-electron chi connectivity index (χ4n) is 3.93. The third-order valence-corrected chi connectivity index (χ3v) is 5.43. The number of piperazine rings is 1. The smallest absolute Gasteiger partial charge is 0.321 e. The highest BCUT2D eigenvalue weighted by atomic mass is 16.2. The Morgan fingerprint density at radius 2 is 1.88 bits per heavy atom. The molecule has 6 nitrogen and oxygen atoms in total. The minimum Gasteiger partial charge on any atom is -0.339 e. The number of aryl methyl sites for hydroxylation is 1. The van der Waals surface area contributed by atoms with E-state index in [-0.39, 0.29) is 17.9 Å². The van der Waals surface area contributed by atoms with E-state index >= 15 is 0 Å². The second-order valence-electron chi connectivity index (χ2n) is 7.15. The van der Waals surface area contributed by atoms with Crippen LogP contribution in [0.3, 0.4) is 0 Å². The second-order valence-corrected chi connectivity index (χ2v) is 7.15. The third-order valence-electron chi connectivity index (χ3n) is 5.43. The molecule has 1 heterocycles. The lowest BCUT2D eigenvalue weighted by atomic mass is 9.94. The lowest BCUT2D eigenvalue weighted by Gasteiger charge is -2.36. The Hall–Kier alpha value is -2.08. The maximum atomic E-state index is 12.7. The van der Waals surface area contributed by atoms with Crippen LogP contribution in [-0.4, -0.2) is 54.5 Å². The van der Waals surface area contributed by atoms with Crippen molar-refractivity contribution in [1.29, 1.82) is 0 Å². The zero-order valence-electron chi connectivity index (χ0n) is 14.9. The van der Waals surface area contributed by atoms with Crippen LogP contribution in [0.2, 0.25) is 0 Å². The molecule has 1 aliphatic heterocycles. The molecule has 2 atom stereocenters. The number of urea groups is 1. The van der Waals surface area contributed by atoms with Crippen molar-refractivity contribution in [2.24, 2.45) is 17.6 Å². The first-order valence-corrected chi connectivity index (χ1v) is 9.20. The van der Waals surface area contributed by atoms with Crippen molar-refractivity contribution in [3.63, 3.8) is 0 Å². The first-order chi connectivity index (χ1) is 12.1. The Morgan fingerprint density at radius 1 is 1.16 bits per heavy atom. The number of hydrogen-bond donors (Lipinski definition) is 2. The predicted octanol–water partition coefficient (Wildman–Crippen LogP) is 2.05. The molecule has 2 aliphatic rings. The lowest BCUT2D eigenvalue weighted by Crippen LogP contribution is -2.53. The molecule has 0 bridgehead atoms. The van der Waals surface area contributed by atoms with Crippen molar-refractivity contribution in [2.45, 2.75) is 26.2 Å². The number of nitrogens with two attached hydrogens (primary N) is 1. The van der Waals surface area contributed by atoms with E-state index in [1.807, 2.05) is 36.1 Å². The first-order valence-electron chi connectivity index (χ1n) is 9.20.